The second kappa shape index (κ2) is 4.23. The molecule has 0 radical (unpaired) electrons. The molecule has 78 valence electrons. The van der Waals surface area contributed by atoms with E-state index in [1.54, 1.807) is 6.07 Å². The van der Waals surface area contributed by atoms with Crippen LogP contribution in [-0.2, 0) is 0 Å². The fraction of sp³-hybridized carbons (Fsp3) is 0.556. The Bertz CT molecular complexity index is 301. The van der Waals surface area contributed by atoms with Crippen LogP contribution in [0, 0.1) is 0 Å². The number of nitrogens with one attached hydrogen (secondary N) is 1. The van der Waals surface area contributed by atoms with Crippen LogP contribution >= 0.6 is 0 Å². The fourth-order valence-electron chi connectivity index (χ4n) is 0.829. The molecule has 1 rings (SSSR count). The summed E-state index contributed by atoms with van der Waals surface area (Å²) in [5.74, 6) is 6.29. The number of nitrogens with two attached hydrogens (primary N) is 1. The number of hydrogen-bond donors (Lipinski definition) is 2. The van der Waals surface area contributed by atoms with E-state index < -0.39 is 0 Å². The lowest BCUT2D eigenvalue weighted by molar-refractivity contribution is 0.0989. The van der Waals surface area contributed by atoms with Gasteiger partial charge in [0.05, 0.1) is 0 Å². The third-order valence-corrected chi connectivity index (χ3v) is 2.02. The van der Waals surface area contributed by atoms with E-state index in [2.05, 4.69) is 22.3 Å². The highest BCUT2D eigenvalue weighted by Crippen LogP contribution is 2.19. The van der Waals surface area contributed by atoms with E-state index in [9.17, 15) is 0 Å². The molecule has 0 saturated heterocycles. The summed E-state index contributed by atoms with van der Waals surface area (Å²) in [5.41, 5.74) is 2.22. The van der Waals surface area contributed by atoms with Crippen LogP contribution in [0.5, 0.6) is 5.88 Å². The number of nitrogens with zero attached hydrogens (tertiary/aromatic N) is 2. The van der Waals surface area contributed by atoms with Crippen LogP contribution in [0.2, 0.25) is 0 Å². The summed E-state index contributed by atoms with van der Waals surface area (Å²) in [6, 6.07) is 1.66. The van der Waals surface area contributed by atoms with Gasteiger partial charge in [-0.05, 0) is 20.3 Å². The summed E-state index contributed by atoms with van der Waals surface area (Å²) >= 11 is 0. The van der Waals surface area contributed by atoms with Gasteiger partial charge in [0.15, 0.2) is 0 Å². The van der Waals surface area contributed by atoms with E-state index in [0.717, 1.165) is 6.42 Å². The van der Waals surface area contributed by atoms with Gasteiger partial charge in [-0.3, -0.25) is 0 Å². The highest BCUT2D eigenvalue weighted by atomic mass is 16.5. The first kappa shape index (κ1) is 10.7. The summed E-state index contributed by atoms with van der Waals surface area (Å²) in [6.45, 7) is 6.07. The maximum atomic E-state index is 5.65. The molecule has 0 amide bonds. The lowest BCUT2D eigenvalue weighted by Gasteiger charge is -2.23. The first-order valence-corrected chi connectivity index (χ1v) is 4.55. The van der Waals surface area contributed by atoms with Gasteiger partial charge in [-0.2, -0.15) is 0 Å². The van der Waals surface area contributed by atoms with E-state index in [4.69, 9.17) is 10.6 Å². The summed E-state index contributed by atoms with van der Waals surface area (Å²) in [7, 11) is 0. The monoisotopic (exact) mass is 196 g/mol. The number of ether oxygens (including phenoxy) is 1. The highest BCUT2D eigenvalue weighted by Gasteiger charge is 2.17. The zero-order valence-corrected chi connectivity index (χ0v) is 8.74. The molecule has 5 nitrogen and oxygen atoms in total. The van der Waals surface area contributed by atoms with Crippen molar-refractivity contribution in [3.63, 3.8) is 0 Å². The van der Waals surface area contributed by atoms with Crippen molar-refractivity contribution in [1.29, 1.82) is 0 Å². The Labute approximate surface area is 83.7 Å². The number of anilines is 1. The second-order valence-corrected chi connectivity index (χ2v) is 3.60. The van der Waals surface area contributed by atoms with Crippen molar-refractivity contribution in [2.45, 2.75) is 32.8 Å². The maximum Gasteiger partial charge on any atom is 0.219 e. The van der Waals surface area contributed by atoms with Crippen LogP contribution in [0.25, 0.3) is 0 Å². The van der Waals surface area contributed by atoms with Crippen molar-refractivity contribution in [3.8, 4) is 5.88 Å². The van der Waals surface area contributed by atoms with Crippen LogP contribution < -0.4 is 16.0 Å². The first-order valence-electron chi connectivity index (χ1n) is 4.55. The Balaban J connectivity index is 2.76. The number of rotatable bonds is 4. The van der Waals surface area contributed by atoms with Crippen LogP contribution in [0.3, 0.4) is 0 Å². The molecule has 1 heterocycles. The van der Waals surface area contributed by atoms with Gasteiger partial charge < -0.3 is 10.2 Å². The molecule has 0 aromatic carbocycles. The van der Waals surface area contributed by atoms with E-state index in [-0.39, 0.29) is 5.60 Å². The number of aromatic nitrogens is 2. The molecule has 0 aliphatic rings. The molecule has 1 aromatic heterocycles. The molecule has 0 atom stereocenters. The van der Waals surface area contributed by atoms with Gasteiger partial charge in [0.1, 0.15) is 17.7 Å². The molecule has 14 heavy (non-hydrogen) atoms. The van der Waals surface area contributed by atoms with E-state index >= 15 is 0 Å². The molecular weight excluding hydrogens is 180 g/mol. The van der Waals surface area contributed by atoms with E-state index in [0.29, 0.717) is 11.7 Å². The quantitative estimate of drug-likeness (QED) is 0.561. The standard InChI is InChI=1S/C9H16N4O/c1-4-9(2,3)14-8-5-7(13-10)11-6-12-8/h5-6H,4,10H2,1-3H3,(H,11,12,13). The molecule has 0 fully saturated rings. The van der Waals surface area contributed by atoms with Crippen molar-refractivity contribution in [2.24, 2.45) is 5.84 Å². The molecule has 0 aliphatic carbocycles. The first-order chi connectivity index (χ1) is 6.57. The van der Waals surface area contributed by atoms with Gasteiger partial charge in [0, 0.05) is 6.07 Å². The van der Waals surface area contributed by atoms with Gasteiger partial charge in [-0.25, -0.2) is 15.8 Å². The SMILES string of the molecule is CCC(C)(C)Oc1cc(NN)ncn1. The average Bonchev–Trinajstić information content (AvgIpc) is 2.17. The second-order valence-electron chi connectivity index (χ2n) is 3.60. The fourth-order valence-corrected chi connectivity index (χ4v) is 0.829. The third kappa shape index (κ3) is 2.85. The number of nitrogen functional groups attached to an aromatic ring is 1. The molecule has 0 aliphatic heterocycles. The summed E-state index contributed by atoms with van der Waals surface area (Å²) < 4.78 is 5.65. The van der Waals surface area contributed by atoms with E-state index in [1.807, 2.05) is 13.8 Å². The summed E-state index contributed by atoms with van der Waals surface area (Å²) in [4.78, 5) is 7.88. The van der Waals surface area contributed by atoms with Crippen LogP contribution in [0.15, 0.2) is 12.4 Å². The lowest BCUT2D eigenvalue weighted by atomic mass is 10.1. The molecule has 3 N–H and O–H groups in total. The topological polar surface area (TPSA) is 73.1 Å². The van der Waals surface area contributed by atoms with Gasteiger partial charge in [0.25, 0.3) is 0 Å². The predicted octanol–water partition coefficient (Wildman–Crippen LogP) is 1.33. The average molecular weight is 196 g/mol. The minimum atomic E-state index is -0.222. The van der Waals surface area contributed by atoms with Crippen LogP contribution in [0.4, 0.5) is 5.82 Å². The molecule has 0 bridgehead atoms. The summed E-state index contributed by atoms with van der Waals surface area (Å²) in [6.07, 6.45) is 2.32. The molecule has 5 heteroatoms. The zero-order valence-electron chi connectivity index (χ0n) is 8.74. The Morgan fingerprint density at radius 2 is 2.21 bits per heavy atom. The lowest BCUT2D eigenvalue weighted by Crippen LogP contribution is -2.27. The summed E-state index contributed by atoms with van der Waals surface area (Å²) in [5, 5.41) is 0. The van der Waals surface area contributed by atoms with Crippen molar-refractivity contribution in [1.82, 2.24) is 9.97 Å². The van der Waals surface area contributed by atoms with E-state index in [1.165, 1.54) is 6.33 Å². The Morgan fingerprint density at radius 1 is 1.50 bits per heavy atom. The van der Waals surface area contributed by atoms with Crippen molar-refractivity contribution >= 4 is 5.82 Å². The zero-order chi connectivity index (χ0) is 10.6. The van der Waals surface area contributed by atoms with Gasteiger partial charge in [0.2, 0.25) is 5.88 Å². The normalized spacial score (nSPS) is 11.1. The predicted molar refractivity (Wildman–Crippen MR) is 54.8 cm³/mol. The van der Waals surface area contributed by atoms with Crippen molar-refractivity contribution < 1.29 is 4.74 Å². The number of hydrazine groups is 1. The minimum absolute atomic E-state index is 0.222. The molecule has 0 unspecified atom stereocenters. The Kier molecular flexibility index (Phi) is 3.24. The molecule has 0 saturated carbocycles. The van der Waals surface area contributed by atoms with Gasteiger partial charge >= 0.3 is 0 Å². The minimum Gasteiger partial charge on any atom is -0.472 e. The third-order valence-electron chi connectivity index (χ3n) is 2.02. The van der Waals surface area contributed by atoms with Crippen molar-refractivity contribution in [2.75, 3.05) is 5.43 Å². The maximum absolute atomic E-state index is 5.65. The van der Waals surface area contributed by atoms with Gasteiger partial charge in [-0.1, -0.05) is 6.92 Å². The molecule has 1 aromatic rings. The van der Waals surface area contributed by atoms with Crippen LogP contribution in [0.1, 0.15) is 27.2 Å². The van der Waals surface area contributed by atoms with Crippen LogP contribution in [-0.4, -0.2) is 15.6 Å². The molecule has 0 spiro atoms. The molecular formula is C9H16N4O. The largest absolute Gasteiger partial charge is 0.472 e. The smallest absolute Gasteiger partial charge is 0.219 e. The Morgan fingerprint density at radius 3 is 2.79 bits per heavy atom. The van der Waals surface area contributed by atoms with Crippen molar-refractivity contribution in [3.05, 3.63) is 12.4 Å². The highest BCUT2D eigenvalue weighted by molar-refractivity contribution is 5.35. The number of hydrogen-bond acceptors (Lipinski definition) is 5. The Hall–Kier alpha value is -1.36. The van der Waals surface area contributed by atoms with Gasteiger partial charge in [-0.15, -0.1) is 0 Å².